The van der Waals surface area contributed by atoms with E-state index in [2.05, 4.69) is 94.7 Å². The van der Waals surface area contributed by atoms with Crippen LogP contribution in [-0.4, -0.2) is 0 Å². The molecule has 0 bridgehead atoms. The molecule has 1 aliphatic rings. The Hall–Kier alpha value is -1.39. The van der Waals surface area contributed by atoms with Crippen LogP contribution in [0, 0.1) is 0 Å². The molecule has 0 nitrogen and oxygen atoms in total. The van der Waals surface area contributed by atoms with Gasteiger partial charge in [-0.15, -0.1) is 11.3 Å². The standard InChI is InChI=1S/C19H13IS/c20-19-15-10-5-4-9-14(15)18(16-11-6-12-21-16)17(19)13-7-2-1-3-8-13/h1-12,18H. The van der Waals surface area contributed by atoms with Crippen molar-refractivity contribution in [1.82, 2.24) is 0 Å². The van der Waals surface area contributed by atoms with Crippen LogP contribution in [0.3, 0.4) is 0 Å². The Kier molecular flexibility index (Phi) is 3.43. The second-order valence-electron chi connectivity index (χ2n) is 5.13. The van der Waals surface area contributed by atoms with Gasteiger partial charge in [-0.25, -0.2) is 0 Å². The van der Waals surface area contributed by atoms with Crippen LogP contribution in [-0.2, 0) is 0 Å². The Bertz CT molecular complexity index is 801. The molecule has 1 aliphatic carbocycles. The normalized spacial score (nSPS) is 17.1. The highest BCUT2D eigenvalue weighted by Crippen LogP contribution is 2.53. The van der Waals surface area contributed by atoms with E-state index in [4.69, 9.17) is 0 Å². The first-order valence-electron chi connectivity index (χ1n) is 6.94. The van der Waals surface area contributed by atoms with Gasteiger partial charge in [-0.05, 0) is 56.3 Å². The fraction of sp³-hybridized carbons (Fsp3) is 0.0526. The van der Waals surface area contributed by atoms with Crippen LogP contribution in [0.5, 0.6) is 0 Å². The number of rotatable bonds is 2. The van der Waals surface area contributed by atoms with Gasteiger partial charge in [-0.3, -0.25) is 0 Å². The van der Waals surface area contributed by atoms with E-state index < -0.39 is 0 Å². The predicted molar refractivity (Wildman–Crippen MR) is 99.9 cm³/mol. The number of allylic oxidation sites excluding steroid dienone is 1. The smallest absolute Gasteiger partial charge is 0.0456 e. The largest absolute Gasteiger partial charge is 0.148 e. The summed E-state index contributed by atoms with van der Waals surface area (Å²) >= 11 is 4.36. The minimum atomic E-state index is 0.371. The molecule has 0 saturated carbocycles. The van der Waals surface area contributed by atoms with E-state index in [9.17, 15) is 0 Å². The van der Waals surface area contributed by atoms with E-state index >= 15 is 0 Å². The first kappa shape index (κ1) is 13.3. The van der Waals surface area contributed by atoms with Gasteiger partial charge in [0.1, 0.15) is 0 Å². The number of thiophene rings is 1. The second-order valence-corrected chi connectivity index (χ2v) is 7.19. The maximum absolute atomic E-state index is 2.51. The van der Waals surface area contributed by atoms with E-state index in [-0.39, 0.29) is 0 Å². The molecule has 2 aromatic carbocycles. The molecule has 0 saturated heterocycles. The van der Waals surface area contributed by atoms with Crippen molar-refractivity contribution in [2.24, 2.45) is 0 Å². The van der Waals surface area contributed by atoms with Crippen molar-refractivity contribution in [3.63, 3.8) is 0 Å². The molecule has 3 aromatic rings. The van der Waals surface area contributed by atoms with E-state index in [1.807, 2.05) is 11.3 Å². The SMILES string of the molecule is IC1=C(c2ccccc2)C(c2cccs2)c2ccccc21. The third-order valence-corrected chi connectivity index (χ3v) is 6.05. The summed E-state index contributed by atoms with van der Waals surface area (Å²) in [4.78, 5) is 1.42. The molecule has 0 fully saturated rings. The monoisotopic (exact) mass is 400 g/mol. The summed E-state index contributed by atoms with van der Waals surface area (Å²) < 4.78 is 1.38. The molecule has 21 heavy (non-hydrogen) atoms. The van der Waals surface area contributed by atoms with Gasteiger partial charge in [0.15, 0.2) is 0 Å². The number of halogens is 1. The zero-order chi connectivity index (χ0) is 14.2. The van der Waals surface area contributed by atoms with Gasteiger partial charge in [-0.2, -0.15) is 0 Å². The Balaban J connectivity index is 1.97. The van der Waals surface area contributed by atoms with Crippen molar-refractivity contribution in [3.8, 4) is 0 Å². The van der Waals surface area contributed by atoms with Gasteiger partial charge in [0, 0.05) is 14.4 Å². The Morgan fingerprint density at radius 1 is 0.810 bits per heavy atom. The van der Waals surface area contributed by atoms with E-state index in [0.717, 1.165) is 0 Å². The highest BCUT2D eigenvalue weighted by molar-refractivity contribution is 14.1. The van der Waals surface area contributed by atoms with Crippen LogP contribution >= 0.6 is 33.9 Å². The molecule has 0 N–H and O–H groups in total. The first-order valence-corrected chi connectivity index (χ1v) is 8.90. The third-order valence-electron chi connectivity index (χ3n) is 3.95. The Morgan fingerprint density at radius 2 is 1.57 bits per heavy atom. The highest BCUT2D eigenvalue weighted by atomic mass is 127. The summed E-state index contributed by atoms with van der Waals surface area (Å²) in [5.41, 5.74) is 5.59. The number of benzene rings is 2. The number of hydrogen-bond acceptors (Lipinski definition) is 1. The van der Waals surface area contributed by atoms with Crippen molar-refractivity contribution < 1.29 is 0 Å². The Labute approximate surface area is 142 Å². The maximum Gasteiger partial charge on any atom is 0.0456 e. The number of fused-ring (bicyclic) bond motifs is 1. The zero-order valence-electron chi connectivity index (χ0n) is 11.3. The van der Waals surface area contributed by atoms with Crippen LogP contribution in [0.4, 0.5) is 0 Å². The molecule has 1 atom stereocenters. The third kappa shape index (κ3) is 2.17. The summed E-state index contributed by atoms with van der Waals surface area (Å²) in [5.74, 6) is 0.371. The summed E-state index contributed by atoms with van der Waals surface area (Å²) in [6.07, 6.45) is 0. The molecular weight excluding hydrogens is 387 g/mol. The van der Waals surface area contributed by atoms with Crippen LogP contribution < -0.4 is 0 Å². The first-order chi connectivity index (χ1) is 10.4. The molecule has 1 aromatic heterocycles. The quantitative estimate of drug-likeness (QED) is 0.450. The minimum absolute atomic E-state index is 0.371. The average Bonchev–Trinajstić information content (AvgIpc) is 3.15. The lowest BCUT2D eigenvalue weighted by atomic mass is 9.90. The fourth-order valence-electron chi connectivity index (χ4n) is 3.04. The minimum Gasteiger partial charge on any atom is -0.148 e. The summed E-state index contributed by atoms with van der Waals surface area (Å²) in [5, 5.41) is 2.17. The second kappa shape index (κ2) is 5.43. The van der Waals surface area contributed by atoms with Crippen molar-refractivity contribution in [2.45, 2.75) is 5.92 Å². The topological polar surface area (TPSA) is 0 Å². The lowest BCUT2D eigenvalue weighted by molar-refractivity contribution is 1.10. The molecule has 0 amide bonds. The fourth-order valence-corrected chi connectivity index (χ4v) is 5.00. The molecule has 2 heteroatoms. The zero-order valence-corrected chi connectivity index (χ0v) is 14.3. The van der Waals surface area contributed by atoms with Crippen LogP contribution in [0.25, 0.3) is 9.15 Å². The van der Waals surface area contributed by atoms with Gasteiger partial charge in [0.05, 0.1) is 0 Å². The number of hydrogen-bond donors (Lipinski definition) is 0. The molecule has 4 rings (SSSR count). The molecule has 0 aliphatic heterocycles. The van der Waals surface area contributed by atoms with Gasteiger partial charge < -0.3 is 0 Å². The van der Waals surface area contributed by atoms with E-state index in [0.29, 0.717) is 5.92 Å². The predicted octanol–water partition coefficient (Wildman–Crippen LogP) is 6.20. The van der Waals surface area contributed by atoms with Crippen molar-refractivity contribution in [1.29, 1.82) is 0 Å². The van der Waals surface area contributed by atoms with Crippen molar-refractivity contribution in [3.05, 3.63) is 93.7 Å². The maximum atomic E-state index is 2.51. The van der Waals surface area contributed by atoms with Crippen molar-refractivity contribution >= 4 is 43.1 Å². The van der Waals surface area contributed by atoms with Crippen LogP contribution in [0.1, 0.15) is 27.5 Å². The molecule has 102 valence electrons. The van der Waals surface area contributed by atoms with Crippen LogP contribution in [0.15, 0.2) is 72.1 Å². The Morgan fingerprint density at radius 3 is 2.33 bits per heavy atom. The van der Waals surface area contributed by atoms with Gasteiger partial charge in [-0.1, -0.05) is 60.7 Å². The molecular formula is C19H13IS. The van der Waals surface area contributed by atoms with Gasteiger partial charge in [0.25, 0.3) is 0 Å². The summed E-state index contributed by atoms with van der Waals surface area (Å²) in [6, 6.07) is 24.0. The van der Waals surface area contributed by atoms with Gasteiger partial charge in [0.2, 0.25) is 0 Å². The molecule has 1 heterocycles. The van der Waals surface area contributed by atoms with Crippen LogP contribution in [0.2, 0.25) is 0 Å². The van der Waals surface area contributed by atoms with Crippen molar-refractivity contribution in [2.75, 3.05) is 0 Å². The lowest BCUT2D eigenvalue weighted by Gasteiger charge is -2.15. The molecule has 1 unspecified atom stereocenters. The highest BCUT2D eigenvalue weighted by Gasteiger charge is 2.32. The van der Waals surface area contributed by atoms with E-state index in [1.54, 1.807) is 0 Å². The summed E-state index contributed by atoms with van der Waals surface area (Å²) in [6.45, 7) is 0. The summed E-state index contributed by atoms with van der Waals surface area (Å²) in [7, 11) is 0. The lowest BCUT2D eigenvalue weighted by Crippen LogP contribution is -1.98. The average molecular weight is 400 g/mol. The molecule has 0 spiro atoms. The molecule has 0 radical (unpaired) electrons. The van der Waals surface area contributed by atoms with E-state index in [1.165, 1.54) is 30.7 Å². The van der Waals surface area contributed by atoms with Gasteiger partial charge >= 0.3 is 0 Å².